The molecule has 0 saturated heterocycles. The predicted molar refractivity (Wildman–Crippen MR) is 73.2 cm³/mol. The zero-order chi connectivity index (χ0) is 12.4. The van der Waals surface area contributed by atoms with Gasteiger partial charge in [-0.3, -0.25) is 0 Å². The molecule has 0 bridgehead atoms. The first-order chi connectivity index (χ1) is 8.09. The summed E-state index contributed by atoms with van der Waals surface area (Å²) in [7, 11) is 0. The molecule has 17 heavy (non-hydrogen) atoms. The maximum Gasteiger partial charge on any atom is 0.137 e. The van der Waals surface area contributed by atoms with Crippen LogP contribution in [0.5, 0.6) is 0 Å². The molecule has 2 aromatic rings. The van der Waals surface area contributed by atoms with E-state index in [9.17, 15) is 4.39 Å². The van der Waals surface area contributed by atoms with Crippen LogP contribution in [0.2, 0.25) is 5.02 Å². The Labute approximate surface area is 117 Å². The van der Waals surface area contributed by atoms with Gasteiger partial charge in [0.05, 0.1) is 9.85 Å². The van der Waals surface area contributed by atoms with E-state index in [1.165, 1.54) is 6.07 Å². The van der Waals surface area contributed by atoms with Gasteiger partial charge in [0.1, 0.15) is 5.82 Å². The lowest BCUT2D eigenvalue weighted by molar-refractivity contribution is 0.618. The molecule has 0 nitrogen and oxygen atoms in total. The third-order valence-corrected chi connectivity index (χ3v) is 3.99. The summed E-state index contributed by atoms with van der Waals surface area (Å²) < 4.78 is 13.8. The molecular formula is C13H8BrCl2F. The van der Waals surface area contributed by atoms with Crippen molar-refractivity contribution in [2.75, 3.05) is 0 Å². The molecule has 0 aliphatic carbocycles. The molecule has 2 aromatic carbocycles. The van der Waals surface area contributed by atoms with Crippen LogP contribution in [0.3, 0.4) is 0 Å². The number of hydrogen-bond donors (Lipinski definition) is 0. The fourth-order valence-electron chi connectivity index (χ4n) is 1.53. The quantitative estimate of drug-likeness (QED) is 0.630. The zero-order valence-corrected chi connectivity index (χ0v) is 11.7. The highest BCUT2D eigenvalue weighted by Gasteiger charge is 2.15. The van der Waals surface area contributed by atoms with Gasteiger partial charge in [-0.15, -0.1) is 11.6 Å². The Morgan fingerprint density at radius 3 is 2.35 bits per heavy atom. The molecule has 0 heterocycles. The Morgan fingerprint density at radius 2 is 1.71 bits per heavy atom. The van der Waals surface area contributed by atoms with Gasteiger partial charge in [0, 0.05) is 5.02 Å². The molecule has 4 heteroatoms. The number of halogens is 4. The molecule has 1 unspecified atom stereocenters. The van der Waals surface area contributed by atoms with E-state index in [4.69, 9.17) is 23.2 Å². The molecule has 0 saturated carbocycles. The first-order valence-corrected chi connectivity index (χ1v) is 6.54. The average Bonchev–Trinajstić information content (AvgIpc) is 2.33. The minimum absolute atomic E-state index is 0.317. The second-order valence-electron chi connectivity index (χ2n) is 3.56. The van der Waals surface area contributed by atoms with E-state index in [1.54, 1.807) is 24.3 Å². The van der Waals surface area contributed by atoms with Crippen LogP contribution < -0.4 is 0 Å². The minimum atomic E-state index is -0.405. The third kappa shape index (κ3) is 2.82. The Morgan fingerprint density at radius 1 is 1.06 bits per heavy atom. The molecule has 0 N–H and O–H groups in total. The minimum Gasteiger partial charge on any atom is -0.206 e. The van der Waals surface area contributed by atoms with Gasteiger partial charge in [-0.05, 0) is 45.3 Å². The standard InChI is InChI=1S/C13H8BrCl2F/c14-12-10(2-1-3-11(12)17)13(16)8-4-6-9(15)7-5-8/h1-7,13H. The van der Waals surface area contributed by atoms with Crippen molar-refractivity contribution in [2.24, 2.45) is 0 Å². The number of rotatable bonds is 2. The Hall–Kier alpha value is -0.570. The highest BCUT2D eigenvalue weighted by Crippen LogP contribution is 2.35. The number of hydrogen-bond acceptors (Lipinski definition) is 0. The number of alkyl halides is 1. The van der Waals surface area contributed by atoms with Crippen molar-refractivity contribution in [2.45, 2.75) is 5.38 Å². The molecule has 0 aliphatic heterocycles. The Balaban J connectivity index is 2.40. The summed E-state index contributed by atoms with van der Waals surface area (Å²) >= 11 is 15.3. The highest BCUT2D eigenvalue weighted by molar-refractivity contribution is 9.10. The molecular weight excluding hydrogens is 326 g/mol. The van der Waals surface area contributed by atoms with Crippen molar-refractivity contribution in [3.05, 3.63) is 68.9 Å². The van der Waals surface area contributed by atoms with Crippen LogP contribution >= 0.6 is 39.1 Å². The largest absolute Gasteiger partial charge is 0.206 e. The lowest BCUT2D eigenvalue weighted by Gasteiger charge is -2.12. The van der Waals surface area contributed by atoms with Gasteiger partial charge >= 0.3 is 0 Å². The van der Waals surface area contributed by atoms with Crippen molar-refractivity contribution in [3.8, 4) is 0 Å². The van der Waals surface area contributed by atoms with Crippen LogP contribution in [0, 0.1) is 5.82 Å². The Bertz CT molecular complexity index is 525. The molecule has 0 aliphatic rings. The van der Waals surface area contributed by atoms with Gasteiger partial charge in [-0.25, -0.2) is 4.39 Å². The van der Waals surface area contributed by atoms with Gasteiger partial charge in [0.2, 0.25) is 0 Å². The van der Waals surface area contributed by atoms with E-state index in [0.717, 1.165) is 5.56 Å². The summed E-state index contributed by atoms with van der Waals surface area (Å²) in [5.41, 5.74) is 1.58. The SMILES string of the molecule is Fc1cccc(C(Cl)c2ccc(Cl)cc2)c1Br. The molecule has 2 rings (SSSR count). The fraction of sp³-hybridized carbons (Fsp3) is 0.0769. The van der Waals surface area contributed by atoms with Crippen molar-refractivity contribution in [1.82, 2.24) is 0 Å². The maximum absolute atomic E-state index is 13.4. The molecule has 1 atom stereocenters. The topological polar surface area (TPSA) is 0 Å². The van der Waals surface area contributed by atoms with Crippen LogP contribution in [0.15, 0.2) is 46.9 Å². The van der Waals surface area contributed by atoms with E-state index >= 15 is 0 Å². The second-order valence-corrected chi connectivity index (χ2v) is 5.22. The van der Waals surface area contributed by atoms with Crippen LogP contribution in [0.4, 0.5) is 4.39 Å². The van der Waals surface area contributed by atoms with E-state index in [2.05, 4.69) is 15.9 Å². The summed E-state index contributed by atoms with van der Waals surface area (Å²) in [6.07, 6.45) is 0. The first kappa shape index (κ1) is 12.9. The van der Waals surface area contributed by atoms with Crippen LogP contribution in [-0.4, -0.2) is 0 Å². The monoisotopic (exact) mass is 332 g/mol. The molecule has 0 amide bonds. The highest BCUT2D eigenvalue weighted by atomic mass is 79.9. The number of benzene rings is 2. The summed E-state index contributed by atoms with van der Waals surface area (Å²) in [6, 6.07) is 12.0. The molecule has 0 aromatic heterocycles. The van der Waals surface area contributed by atoms with Gasteiger partial charge in [-0.2, -0.15) is 0 Å². The normalized spacial score (nSPS) is 12.5. The van der Waals surface area contributed by atoms with Crippen molar-refractivity contribution < 1.29 is 4.39 Å². The molecule has 0 spiro atoms. The first-order valence-electron chi connectivity index (χ1n) is 4.93. The van der Waals surface area contributed by atoms with Gasteiger partial charge in [-0.1, -0.05) is 35.9 Å². The van der Waals surface area contributed by atoms with Gasteiger partial charge < -0.3 is 0 Å². The van der Waals surface area contributed by atoms with Crippen LogP contribution in [-0.2, 0) is 0 Å². The van der Waals surface area contributed by atoms with Crippen molar-refractivity contribution >= 4 is 39.1 Å². The predicted octanol–water partition coefficient (Wildman–Crippen LogP) is 5.57. The van der Waals surface area contributed by atoms with Crippen LogP contribution in [0.1, 0.15) is 16.5 Å². The zero-order valence-electron chi connectivity index (χ0n) is 8.63. The van der Waals surface area contributed by atoms with Gasteiger partial charge in [0.25, 0.3) is 0 Å². The van der Waals surface area contributed by atoms with E-state index in [-0.39, 0.29) is 5.82 Å². The molecule has 0 radical (unpaired) electrons. The molecule has 0 fully saturated rings. The summed E-state index contributed by atoms with van der Waals surface area (Å²) in [4.78, 5) is 0. The second kappa shape index (κ2) is 5.38. The smallest absolute Gasteiger partial charge is 0.137 e. The van der Waals surface area contributed by atoms with Crippen molar-refractivity contribution in [1.29, 1.82) is 0 Å². The summed E-state index contributed by atoms with van der Waals surface area (Å²) in [6.45, 7) is 0. The summed E-state index contributed by atoms with van der Waals surface area (Å²) in [5.74, 6) is -0.317. The maximum atomic E-state index is 13.4. The molecule has 88 valence electrons. The van der Waals surface area contributed by atoms with Crippen LogP contribution in [0.25, 0.3) is 0 Å². The summed E-state index contributed by atoms with van der Waals surface area (Å²) in [5, 5.41) is 0.244. The average molecular weight is 334 g/mol. The van der Waals surface area contributed by atoms with E-state index in [1.807, 2.05) is 12.1 Å². The van der Waals surface area contributed by atoms with Gasteiger partial charge in [0.15, 0.2) is 0 Å². The lowest BCUT2D eigenvalue weighted by atomic mass is 10.0. The Kier molecular flexibility index (Phi) is 4.08. The van der Waals surface area contributed by atoms with Crippen molar-refractivity contribution in [3.63, 3.8) is 0 Å². The lowest BCUT2D eigenvalue weighted by Crippen LogP contribution is -1.96. The van der Waals surface area contributed by atoms with E-state index in [0.29, 0.717) is 15.1 Å². The van der Waals surface area contributed by atoms with E-state index < -0.39 is 5.38 Å². The third-order valence-electron chi connectivity index (χ3n) is 2.42. The fourth-order valence-corrected chi connectivity index (χ4v) is 2.61.